The number of nitrogens with zero attached hydrogens (tertiary/aromatic N) is 4. The molecule has 3 fully saturated rings. The molecule has 59 heavy (non-hydrogen) atoms. The highest BCUT2D eigenvalue weighted by Crippen LogP contribution is 2.65. The van der Waals surface area contributed by atoms with E-state index < -0.39 is 76.3 Å². The molecule has 2 aliphatic carbocycles. The number of phenolic OH excluding ortho intramolecular Hbond substituents is 1. The number of hydrogen-bond acceptors (Lipinski definition) is 10. The SMILES string of the molecule is COc1ccc(C23C(=O)N(Nc4ccc(Cl)cc4Cl)C(=O)C2CC2C(=CCC4C(=O)N(N(C)c5nc(C(F)(F)F)ccc5Cl)C(=O)C42)C3c2cc(OC)ccc2O)cc1. The fraction of sp³-hybridized carbons (Fsp3) is 0.293. The molecule has 4 aliphatic rings. The number of halogens is 6. The van der Waals surface area contributed by atoms with Gasteiger partial charge >= 0.3 is 6.18 Å². The Morgan fingerprint density at radius 1 is 0.864 bits per heavy atom. The molecule has 4 amide bonds. The van der Waals surface area contributed by atoms with E-state index in [9.17, 15) is 32.7 Å². The van der Waals surface area contributed by atoms with Crippen molar-refractivity contribution in [1.29, 1.82) is 0 Å². The van der Waals surface area contributed by atoms with Gasteiger partial charge in [-0.3, -0.25) is 29.6 Å². The van der Waals surface area contributed by atoms with Crippen LogP contribution < -0.4 is 19.9 Å². The molecule has 306 valence electrons. The van der Waals surface area contributed by atoms with Crippen LogP contribution in [0.15, 0.2) is 84.4 Å². The molecule has 6 atom stereocenters. The summed E-state index contributed by atoms with van der Waals surface area (Å²) in [6.45, 7) is 0. The Kier molecular flexibility index (Phi) is 10.00. The van der Waals surface area contributed by atoms with Gasteiger partial charge in [-0.15, -0.1) is 0 Å². The molecular weight excluding hydrogens is 838 g/mol. The molecule has 0 bridgehead atoms. The van der Waals surface area contributed by atoms with E-state index in [1.807, 2.05) is 0 Å². The maximum Gasteiger partial charge on any atom is 0.433 e. The van der Waals surface area contributed by atoms with Crippen molar-refractivity contribution in [2.75, 3.05) is 31.7 Å². The van der Waals surface area contributed by atoms with Crippen LogP contribution in [0.4, 0.5) is 24.7 Å². The van der Waals surface area contributed by atoms with Crippen LogP contribution in [0.25, 0.3) is 0 Å². The van der Waals surface area contributed by atoms with Crippen molar-refractivity contribution in [2.24, 2.45) is 23.7 Å². The molecule has 8 rings (SSSR count). The lowest BCUT2D eigenvalue weighted by Gasteiger charge is -2.50. The molecule has 0 radical (unpaired) electrons. The number of benzene rings is 3. The number of phenols is 1. The van der Waals surface area contributed by atoms with Gasteiger partial charge < -0.3 is 14.6 Å². The lowest BCUT2D eigenvalue weighted by Crippen LogP contribution is -2.53. The number of fused-ring (bicyclic) bond motifs is 4. The maximum atomic E-state index is 15.5. The molecule has 6 unspecified atom stereocenters. The third kappa shape index (κ3) is 6.24. The normalized spacial score (nSPS) is 25.0. The Bertz CT molecular complexity index is 2470. The van der Waals surface area contributed by atoms with Crippen LogP contribution >= 0.6 is 34.8 Å². The predicted molar refractivity (Wildman–Crippen MR) is 210 cm³/mol. The number of aromatic hydroxyl groups is 1. The smallest absolute Gasteiger partial charge is 0.433 e. The number of pyridine rings is 1. The summed E-state index contributed by atoms with van der Waals surface area (Å²) in [7, 11) is 4.12. The number of amides is 4. The minimum absolute atomic E-state index is 0.0236. The number of carbonyl (C=O) groups is 4. The number of aromatic nitrogens is 1. The van der Waals surface area contributed by atoms with Gasteiger partial charge in [0, 0.05) is 23.6 Å². The number of ether oxygens (including phenoxy) is 2. The standard InChI is InChI=1S/C41H33Cl3F3N5O7/c1-50(35-28(43)12-15-32(48-35)41(45,46)47)52-36(54)24-11-10-23-25(33(24)38(52)56)18-27-37(55)51(49-30-13-6-20(42)16-29(30)44)39(57)40(27,19-4-7-21(58-2)8-5-19)34(23)26-17-22(59-3)9-14-31(26)53/h4-10,12-17,24-25,27,33-34,49,53H,11,18H2,1-3H3. The van der Waals surface area contributed by atoms with E-state index in [1.165, 1.54) is 51.6 Å². The molecule has 0 spiro atoms. The van der Waals surface area contributed by atoms with Crippen LogP contribution in [0.5, 0.6) is 17.2 Å². The van der Waals surface area contributed by atoms with Crippen LogP contribution in [0.1, 0.15) is 35.6 Å². The average molecular weight is 871 g/mol. The molecule has 18 heteroatoms. The first kappa shape index (κ1) is 40.3. The molecule has 1 aromatic heterocycles. The summed E-state index contributed by atoms with van der Waals surface area (Å²) in [5.41, 5.74) is 1.11. The zero-order valence-corrected chi connectivity index (χ0v) is 33.5. The Morgan fingerprint density at radius 2 is 1.56 bits per heavy atom. The summed E-state index contributed by atoms with van der Waals surface area (Å²) in [6.07, 6.45) is -3.25. The second-order valence-corrected chi connectivity index (χ2v) is 15.9. The van der Waals surface area contributed by atoms with Gasteiger partial charge in [-0.25, -0.2) is 4.98 Å². The molecule has 4 aromatic rings. The molecular formula is C41H33Cl3F3N5O7. The number of imide groups is 2. The van der Waals surface area contributed by atoms with E-state index in [1.54, 1.807) is 36.4 Å². The van der Waals surface area contributed by atoms with Gasteiger partial charge in [-0.1, -0.05) is 58.6 Å². The number of alkyl halides is 3. The van der Waals surface area contributed by atoms with Gasteiger partial charge in [0.25, 0.3) is 23.6 Å². The summed E-state index contributed by atoms with van der Waals surface area (Å²) < 4.78 is 52.2. The lowest BCUT2D eigenvalue weighted by molar-refractivity contribution is -0.142. The Balaban J connectivity index is 1.31. The Hall–Kier alpha value is -5.51. The zero-order valence-electron chi connectivity index (χ0n) is 31.3. The molecule has 2 N–H and O–H groups in total. The van der Waals surface area contributed by atoms with Crippen LogP contribution in [0, 0.1) is 23.7 Å². The van der Waals surface area contributed by atoms with Gasteiger partial charge in [0.1, 0.15) is 22.9 Å². The van der Waals surface area contributed by atoms with Crippen LogP contribution in [0.2, 0.25) is 15.1 Å². The van der Waals surface area contributed by atoms with Gasteiger partial charge in [0.15, 0.2) is 5.82 Å². The number of methoxy groups -OCH3 is 2. The van der Waals surface area contributed by atoms with Crippen LogP contribution in [0.3, 0.4) is 0 Å². The number of allylic oxidation sites excluding steroid dienone is 2. The van der Waals surface area contributed by atoms with Crippen molar-refractivity contribution >= 4 is 69.9 Å². The van der Waals surface area contributed by atoms with Crippen molar-refractivity contribution in [2.45, 2.75) is 30.4 Å². The number of carbonyl (C=O) groups excluding carboxylic acids is 4. The monoisotopic (exact) mass is 869 g/mol. The first-order valence-corrected chi connectivity index (χ1v) is 19.3. The Labute approximate surface area is 350 Å². The summed E-state index contributed by atoms with van der Waals surface area (Å²) in [4.78, 5) is 63.1. The first-order chi connectivity index (χ1) is 28.0. The summed E-state index contributed by atoms with van der Waals surface area (Å²) in [6, 6.07) is 17.2. The molecule has 1 saturated carbocycles. The number of rotatable bonds is 8. The molecule has 2 aliphatic heterocycles. The highest BCUT2D eigenvalue weighted by molar-refractivity contribution is 6.36. The van der Waals surface area contributed by atoms with E-state index in [-0.39, 0.29) is 39.9 Å². The van der Waals surface area contributed by atoms with Crippen molar-refractivity contribution in [3.63, 3.8) is 0 Å². The van der Waals surface area contributed by atoms with Crippen molar-refractivity contribution in [3.05, 3.63) is 116 Å². The maximum absolute atomic E-state index is 15.5. The number of nitrogens with one attached hydrogen (secondary N) is 1. The largest absolute Gasteiger partial charge is 0.508 e. The minimum Gasteiger partial charge on any atom is -0.508 e. The second-order valence-electron chi connectivity index (χ2n) is 14.6. The minimum atomic E-state index is -4.85. The fourth-order valence-electron chi connectivity index (χ4n) is 9.27. The first-order valence-electron chi connectivity index (χ1n) is 18.2. The fourth-order valence-corrected chi connectivity index (χ4v) is 9.95. The third-order valence-electron chi connectivity index (χ3n) is 11.8. The number of hydrazine groups is 2. The van der Waals surface area contributed by atoms with Gasteiger partial charge in [-0.05, 0) is 85.0 Å². The highest BCUT2D eigenvalue weighted by Gasteiger charge is 2.71. The molecule has 2 saturated heterocycles. The number of anilines is 2. The lowest BCUT2D eigenvalue weighted by atomic mass is 9.49. The topological polar surface area (TPSA) is 142 Å². The van der Waals surface area contributed by atoms with Crippen LogP contribution in [-0.4, -0.2) is 65.0 Å². The van der Waals surface area contributed by atoms with Gasteiger partial charge in [0.2, 0.25) is 0 Å². The van der Waals surface area contributed by atoms with Crippen molar-refractivity contribution in [3.8, 4) is 17.2 Å². The third-order valence-corrected chi connectivity index (χ3v) is 12.7. The Morgan fingerprint density at radius 3 is 2.22 bits per heavy atom. The molecule has 3 heterocycles. The zero-order chi connectivity index (χ0) is 42.3. The number of hydrogen-bond donors (Lipinski definition) is 2. The van der Waals surface area contributed by atoms with E-state index in [0.717, 1.165) is 21.1 Å². The van der Waals surface area contributed by atoms with E-state index >= 15 is 4.79 Å². The molecule has 3 aromatic carbocycles. The second kappa shape index (κ2) is 14.6. The van der Waals surface area contributed by atoms with Gasteiger partial charge in [-0.2, -0.15) is 23.2 Å². The van der Waals surface area contributed by atoms with Crippen molar-refractivity contribution in [1.82, 2.24) is 15.0 Å². The van der Waals surface area contributed by atoms with Crippen LogP contribution in [-0.2, 0) is 30.8 Å². The summed E-state index contributed by atoms with van der Waals surface area (Å²) >= 11 is 19.0. The van der Waals surface area contributed by atoms with E-state index in [4.69, 9.17) is 44.3 Å². The van der Waals surface area contributed by atoms with E-state index in [2.05, 4.69) is 10.4 Å². The quantitative estimate of drug-likeness (QED) is 0.133. The van der Waals surface area contributed by atoms with Gasteiger partial charge in [0.05, 0.1) is 53.1 Å². The van der Waals surface area contributed by atoms with E-state index in [0.29, 0.717) is 33.7 Å². The molecule has 12 nitrogen and oxygen atoms in total. The predicted octanol–water partition coefficient (Wildman–Crippen LogP) is 7.82. The summed E-state index contributed by atoms with van der Waals surface area (Å²) in [5.74, 6) is -8.21. The van der Waals surface area contributed by atoms with Crippen molar-refractivity contribution < 1.29 is 46.9 Å². The average Bonchev–Trinajstić information content (AvgIpc) is 3.59. The summed E-state index contributed by atoms with van der Waals surface area (Å²) in [5, 5.41) is 14.4. The highest BCUT2D eigenvalue weighted by atomic mass is 35.5.